The Morgan fingerprint density at radius 3 is 2.95 bits per heavy atom. The number of benzene rings is 1. The van der Waals surface area contributed by atoms with E-state index in [-0.39, 0.29) is 12.0 Å². The fourth-order valence-corrected chi connectivity index (χ4v) is 2.40. The van der Waals surface area contributed by atoms with E-state index in [1.807, 2.05) is 24.3 Å². The molecule has 1 amide bonds. The lowest BCUT2D eigenvalue weighted by Crippen LogP contribution is -2.40. The van der Waals surface area contributed by atoms with Crippen LogP contribution in [0.25, 0.3) is 0 Å². The summed E-state index contributed by atoms with van der Waals surface area (Å²) in [6, 6.07) is 7.53. The molecule has 1 saturated heterocycles. The summed E-state index contributed by atoms with van der Waals surface area (Å²) in [5, 5.41) is 0. The molecular formula is C15H22N2O3. The Kier molecular flexibility index (Phi) is 5.38. The molecule has 1 fully saturated rings. The van der Waals surface area contributed by atoms with Crippen molar-refractivity contribution in [2.45, 2.75) is 25.4 Å². The highest BCUT2D eigenvalue weighted by molar-refractivity contribution is 5.98. The second-order valence-electron chi connectivity index (χ2n) is 4.81. The molecule has 1 aliphatic heterocycles. The van der Waals surface area contributed by atoms with E-state index in [0.717, 1.165) is 24.9 Å². The average Bonchev–Trinajstić information content (AvgIpc) is 3.02. The topological polar surface area (TPSA) is 64.8 Å². The van der Waals surface area contributed by atoms with Crippen molar-refractivity contribution in [1.29, 1.82) is 0 Å². The lowest BCUT2D eigenvalue weighted by atomic mass is 10.1. The number of ether oxygens (including phenoxy) is 2. The zero-order valence-corrected chi connectivity index (χ0v) is 11.9. The van der Waals surface area contributed by atoms with Crippen LogP contribution in [0.15, 0.2) is 24.3 Å². The number of rotatable bonds is 6. The fraction of sp³-hybridized carbons (Fsp3) is 0.533. The maximum atomic E-state index is 12.6. The predicted octanol–water partition coefficient (Wildman–Crippen LogP) is 1.56. The number of carbonyl (C=O) groups excluding carboxylic acids is 1. The van der Waals surface area contributed by atoms with Crippen LogP contribution in [0, 0.1) is 0 Å². The summed E-state index contributed by atoms with van der Waals surface area (Å²) < 4.78 is 10.9. The minimum Gasteiger partial charge on any atom is -0.495 e. The molecule has 1 aliphatic rings. The summed E-state index contributed by atoms with van der Waals surface area (Å²) in [4.78, 5) is 14.4. The van der Waals surface area contributed by atoms with E-state index in [4.69, 9.17) is 15.2 Å². The van der Waals surface area contributed by atoms with Crippen LogP contribution < -0.4 is 15.4 Å². The van der Waals surface area contributed by atoms with Crippen LogP contribution in [0.3, 0.4) is 0 Å². The van der Waals surface area contributed by atoms with Crippen LogP contribution >= 0.6 is 0 Å². The van der Waals surface area contributed by atoms with Gasteiger partial charge >= 0.3 is 0 Å². The number of para-hydroxylation sites is 2. The van der Waals surface area contributed by atoms with Crippen LogP contribution in [-0.4, -0.2) is 38.8 Å². The molecule has 1 heterocycles. The Labute approximate surface area is 119 Å². The highest BCUT2D eigenvalue weighted by Gasteiger charge is 2.30. The van der Waals surface area contributed by atoms with Gasteiger partial charge in [-0.3, -0.25) is 4.79 Å². The van der Waals surface area contributed by atoms with E-state index in [2.05, 4.69) is 0 Å². The summed E-state index contributed by atoms with van der Waals surface area (Å²) in [5.74, 6) is 0.691. The number of nitrogens with two attached hydrogens (primary N) is 1. The van der Waals surface area contributed by atoms with Gasteiger partial charge in [0.25, 0.3) is 5.91 Å². The van der Waals surface area contributed by atoms with Gasteiger partial charge in [0.15, 0.2) is 0 Å². The zero-order chi connectivity index (χ0) is 14.4. The highest BCUT2D eigenvalue weighted by Crippen LogP contribution is 2.29. The van der Waals surface area contributed by atoms with Crippen molar-refractivity contribution >= 4 is 11.6 Å². The quantitative estimate of drug-likeness (QED) is 0.857. The fourth-order valence-electron chi connectivity index (χ4n) is 2.40. The third kappa shape index (κ3) is 3.29. The first kappa shape index (κ1) is 14.8. The molecule has 20 heavy (non-hydrogen) atoms. The normalized spacial score (nSPS) is 18.0. The first-order valence-corrected chi connectivity index (χ1v) is 7.04. The molecule has 0 radical (unpaired) electrons. The summed E-state index contributed by atoms with van der Waals surface area (Å²) in [5.41, 5.74) is 6.36. The first-order chi connectivity index (χ1) is 9.77. The van der Waals surface area contributed by atoms with E-state index in [1.165, 1.54) is 0 Å². The largest absolute Gasteiger partial charge is 0.495 e. The monoisotopic (exact) mass is 278 g/mol. The number of hydrogen-bond donors (Lipinski definition) is 1. The molecule has 5 heteroatoms. The van der Waals surface area contributed by atoms with E-state index in [1.54, 1.807) is 12.0 Å². The molecular weight excluding hydrogens is 256 g/mol. The molecule has 0 aromatic heterocycles. The van der Waals surface area contributed by atoms with Gasteiger partial charge in [0.05, 0.1) is 12.8 Å². The Morgan fingerprint density at radius 2 is 2.30 bits per heavy atom. The van der Waals surface area contributed by atoms with Gasteiger partial charge in [-0.2, -0.15) is 0 Å². The predicted molar refractivity (Wildman–Crippen MR) is 78.0 cm³/mol. The Balaban J connectivity index is 2.23. The molecule has 110 valence electrons. The van der Waals surface area contributed by atoms with Gasteiger partial charge < -0.3 is 20.1 Å². The second-order valence-corrected chi connectivity index (χ2v) is 4.81. The van der Waals surface area contributed by atoms with E-state index < -0.39 is 0 Å². The van der Waals surface area contributed by atoms with Crippen LogP contribution in [0.1, 0.15) is 19.3 Å². The van der Waals surface area contributed by atoms with Crippen LogP contribution in [0.4, 0.5) is 5.69 Å². The number of carbonyl (C=O) groups is 1. The smallest absolute Gasteiger partial charge is 0.256 e. The first-order valence-electron chi connectivity index (χ1n) is 7.04. The van der Waals surface area contributed by atoms with E-state index >= 15 is 0 Å². The molecule has 1 aromatic rings. The minimum atomic E-state index is -0.335. The summed E-state index contributed by atoms with van der Waals surface area (Å²) >= 11 is 0. The van der Waals surface area contributed by atoms with Crippen molar-refractivity contribution in [3.63, 3.8) is 0 Å². The second kappa shape index (κ2) is 7.26. The van der Waals surface area contributed by atoms with Crippen molar-refractivity contribution in [3.8, 4) is 5.75 Å². The zero-order valence-electron chi connectivity index (χ0n) is 11.9. The lowest BCUT2D eigenvalue weighted by molar-refractivity contribution is -0.127. The maximum absolute atomic E-state index is 12.6. The molecule has 1 aromatic carbocycles. The van der Waals surface area contributed by atoms with Crippen LogP contribution in [-0.2, 0) is 9.53 Å². The van der Waals surface area contributed by atoms with Gasteiger partial charge in [0.2, 0.25) is 0 Å². The third-order valence-electron chi connectivity index (χ3n) is 3.43. The van der Waals surface area contributed by atoms with Crippen LogP contribution in [0.5, 0.6) is 5.75 Å². The SMILES string of the molecule is COc1ccccc1N(CCCN)C(=O)C1CCCO1. The Morgan fingerprint density at radius 1 is 1.50 bits per heavy atom. The number of anilines is 1. The molecule has 1 unspecified atom stereocenters. The molecule has 0 saturated carbocycles. The summed E-state index contributed by atoms with van der Waals surface area (Å²) in [7, 11) is 1.61. The van der Waals surface area contributed by atoms with Crippen molar-refractivity contribution < 1.29 is 14.3 Å². The van der Waals surface area contributed by atoms with Crippen molar-refractivity contribution in [3.05, 3.63) is 24.3 Å². The maximum Gasteiger partial charge on any atom is 0.256 e. The third-order valence-corrected chi connectivity index (χ3v) is 3.43. The van der Waals surface area contributed by atoms with E-state index in [9.17, 15) is 4.79 Å². The van der Waals surface area contributed by atoms with Gasteiger partial charge in [0, 0.05) is 13.2 Å². The highest BCUT2D eigenvalue weighted by atomic mass is 16.5. The molecule has 2 N–H and O–H groups in total. The molecule has 5 nitrogen and oxygen atoms in total. The Bertz CT molecular complexity index is 444. The summed E-state index contributed by atoms with van der Waals surface area (Å²) in [6.07, 6.45) is 2.13. The van der Waals surface area contributed by atoms with Gasteiger partial charge in [-0.15, -0.1) is 0 Å². The average molecular weight is 278 g/mol. The molecule has 0 spiro atoms. The van der Waals surface area contributed by atoms with Crippen LogP contribution in [0.2, 0.25) is 0 Å². The van der Waals surface area contributed by atoms with Gasteiger partial charge in [0.1, 0.15) is 11.9 Å². The van der Waals surface area contributed by atoms with Gasteiger partial charge in [-0.05, 0) is 37.9 Å². The molecule has 2 rings (SSSR count). The molecule has 0 bridgehead atoms. The van der Waals surface area contributed by atoms with Gasteiger partial charge in [-0.1, -0.05) is 12.1 Å². The number of hydrogen-bond acceptors (Lipinski definition) is 4. The van der Waals surface area contributed by atoms with E-state index in [0.29, 0.717) is 25.4 Å². The lowest BCUT2D eigenvalue weighted by Gasteiger charge is -2.26. The van der Waals surface area contributed by atoms with Crippen molar-refractivity contribution in [2.75, 3.05) is 31.7 Å². The molecule has 1 atom stereocenters. The summed E-state index contributed by atoms with van der Waals surface area (Å²) in [6.45, 7) is 1.78. The molecule has 0 aliphatic carbocycles. The van der Waals surface area contributed by atoms with Crippen molar-refractivity contribution in [1.82, 2.24) is 0 Å². The standard InChI is InChI=1S/C15H22N2O3/c1-19-13-7-3-2-6-12(13)17(10-5-9-16)15(18)14-8-4-11-20-14/h2-3,6-7,14H,4-5,8-11,16H2,1H3. The number of amides is 1. The van der Waals surface area contributed by atoms with Crippen molar-refractivity contribution in [2.24, 2.45) is 5.73 Å². The number of nitrogens with zero attached hydrogens (tertiary/aromatic N) is 1. The number of methoxy groups -OCH3 is 1. The minimum absolute atomic E-state index is 0.000417. The van der Waals surface area contributed by atoms with Gasteiger partial charge in [-0.25, -0.2) is 0 Å². The Hall–Kier alpha value is -1.59.